The van der Waals surface area contributed by atoms with E-state index in [0.29, 0.717) is 12.4 Å². The molecule has 1 atom stereocenters. The minimum absolute atomic E-state index is 0.0982. The highest BCUT2D eigenvalue weighted by Crippen LogP contribution is 2.49. The van der Waals surface area contributed by atoms with Crippen molar-refractivity contribution < 1.29 is 23.9 Å². The highest BCUT2D eigenvalue weighted by Gasteiger charge is 2.50. The Bertz CT molecular complexity index is 1220. The first kappa shape index (κ1) is 21.0. The van der Waals surface area contributed by atoms with Gasteiger partial charge in [0.05, 0.1) is 17.7 Å². The Labute approximate surface area is 196 Å². The molecule has 1 N–H and O–H groups in total. The number of amides is 4. The van der Waals surface area contributed by atoms with Crippen molar-refractivity contribution in [1.29, 1.82) is 0 Å². The van der Waals surface area contributed by atoms with Crippen LogP contribution >= 0.6 is 0 Å². The number of nitrogens with zero attached hydrogens (tertiary/aromatic N) is 2. The van der Waals surface area contributed by atoms with Gasteiger partial charge in [0, 0.05) is 23.9 Å². The van der Waals surface area contributed by atoms with Crippen LogP contribution < -0.4 is 10.1 Å². The van der Waals surface area contributed by atoms with Gasteiger partial charge in [-0.1, -0.05) is 36.4 Å². The molecule has 4 amide bonds. The summed E-state index contributed by atoms with van der Waals surface area (Å²) < 4.78 is 6.11. The molecule has 0 aromatic heterocycles. The van der Waals surface area contributed by atoms with Crippen molar-refractivity contribution in [2.75, 3.05) is 19.7 Å². The van der Waals surface area contributed by atoms with Gasteiger partial charge in [0.25, 0.3) is 11.8 Å². The van der Waals surface area contributed by atoms with Crippen LogP contribution in [-0.2, 0) is 21.5 Å². The molecule has 1 unspecified atom stereocenters. The lowest BCUT2D eigenvalue weighted by molar-refractivity contribution is -0.136. The van der Waals surface area contributed by atoms with Crippen LogP contribution in [0.25, 0.3) is 0 Å². The average molecular weight is 460 g/mol. The van der Waals surface area contributed by atoms with Gasteiger partial charge in [0.15, 0.2) is 0 Å². The van der Waals surface area contributed by atoms with Crippen molar-refractivity contribution in [2.45, 2.75) is 43.7 Å². The third-order valence-electron chi connectivity index (χ3n) is 7.69. The molecule has 4 aliphatic rings. The third-order valence-corrected chi connectivity index (χ3v) is 7.69. The Morgan fingerprint density at radius 1 is 0.971 bits per heavy atom. The van der Waals surface area contributed by atoms with E-state index in [1.165, 1.54) is 5.56 Å². The molecule has 2 aromatic rings. The molecule has 0 aliphatic carbocycles. The Morgan fingerprint density at radius 2 is 1.74 bits per heavy atom. The van der Waals surface area contributed by atoms with E-state index < -0.39 is 23.8 Å². The summed E-state index contributed by atoms with van der Waals surface area (Å²) in [5, 5.41) is 2.23. The quantitative estimate of drug-likeness (QED) is 0.706. The summed E-state index contributed by atoms with van der Waals surface area (Å²) in [6.45, 7) is 3.23. The number of nitrogens with one attached hydrogen (secondary N) is 1. The van der Waals surface area contributed by atoms with E-state index in [1.54, 1.807) is 6.07 Å². The van der Waals surface area contributed by atoms with Crippen LogP contribution in [0.3, 0.4) is 0 Å². The van der Waals surface area contributed by atoms with Crippen molar-refractivity contribution in [3.8, 4) is 5.75 Å². The van der Waals surface area contributed by atoms with Gasteiger partial charge in [-0.25, -0.2) is 0 Å². The van der Waals surface area contributed by atoms with Crippen molar-refractivity contribution in [3.05, 3.63) is 64.7 Å². The second-order valence-electron chi connectivity index (χ2n) is 9.64. The normalized spacial score (nSPS) is 23.6. The zero-order valence-corrected chi connectivity index (χ0v) is 18.7. The van der Waals surface area contributed by atoms with E-state index in [0.717, 1.165) is 42.9 Å². The Morgan fingerprint density at radius 3 is 2.47 bits per heavy atom. The minimum atomic E-state index is -0.975. The summed E-state index contributed by atoms with van der Waals surface area (Å²) in [7, 11) is 0. The molecule has 2 aromatic carbocycles. The molecule has 0 radical (unpaired) electrons. The molecule has 8 heteroatoms. The molecular formula is C26H25N3O5. The molecule has 0 bridgehead atoms. The Hall–Kier alpha value is -3.52. The number of piperidine rings is 2. The summed E-state index contributed by atoms with van der Waals surface area (Å²) in [6, 6.07) is 13.1. The molecule has 34 heavy (non-hydrogen) atoms. The molecule has 1 spiro atoms. The second-order valence-corrected chi connectivity index (χ2v) is 9.64. The second kappa shape index (κ2) is 7.77. The highest BCUT2D eigenvalue weighted by atomic mass is 16.5. The lowest BCUT2D eigenvalue weighted by Crippen LogP contribution is -2.54. The maximum absolute atomic E-state index is 13.4. The van der Waals surface area contributed by atoms with Gasteiger partial charge in [0.1, 0.15) is 11.8 Å². The van der Waals surface area contributed by atoms with Crippen molar-refractivity contribution in [2.24, 2.45) is 0 Å². The third kappa shape index (κ3) is 3.16. The summed E-state index contributed by atoms with van der Waals surface area (Å²) in [5.74, 6) is -1.51. The van der Waals surface area contributed by atoms with Gasteiger partial charge in [0.2, 0.25) is 11.8 Å². The first-order valence-corrected chi connectivity index (χ1v) is 11.7. The Balaban J connectivity index is 1.24. The largest absolute Gasteiger partial charge is 0.491 e. The van der Waals surface area contributed by atoms with E-state index in [9.17, 15) is 19.2 Å². The highest BCUT2D eigenvalue weighted by molar-refractivity contribution is 6.24. The molecule has 174 valence electrons. The van der Waals surface area contributed by atoms with E-state index in [-0.39, 0.29) is 35.3 Å². The van der Waals surface area contributed by atoms with Crippen LogP contribution in [0.2, 0.25) is 0 Å². The van der Waals surface area contributed by atoms with Crippen LogP contribution in [0.15, 0.2) is 42.5 Å². The lowest BCUT2D eigenvalue weighted by Gasteiger charge is -2.38. The van der Waals surface area contributed by atoms with E-state index in [2.05, 4.69) is 34.5 Å². The standard InChI is InChI=1S/C26H25N3O5/c30-20-9-8-19(23(31)27-20)29-24(32)17-6-7-18-22(21(17)25(29)33)34-15-26(18)10-12-28(13-11-26)14-16-4-2-1-3-5-16/h1-7,19H,8-15H2,(H,27,30,31). The van der Waals surface area contributed by atoms with Gasteiger partial charge < -0.3 is 4.74 Å². The van der Waals surface area contributed by atoms with E-state index >= 15 is 0 Å². The van der Waals surface area contributed by atoms with Crippen molar-refractivity contribution >= 4 is 23.6 Å². The number of rotatable bonds is 3. The zero-order valence-electron chi connectivity index (χ0n) is 18.7. The monoisotopic (exact) mass is 459 g/mol. The Kier molecular flexibility index (Phi) is 4.81. The molecule has 2 saturated heterocycles. The van der Waals surface area contributed by atoms with E-state index in [1.807, 2.05) is 12.1 Å². The summed E-state index contributed by atoms with van der Waals surface area (Å²) in [6.07, 6.45) is 2.05. The smallest absolute Gasteiger partial charge is 0.266 e. The van der Waals surface area contributed by atoms with Gasteiger partial charge in [-0.2, -0.15) is 0 Å². The number of hydrogen-bond donors (Lipinski definition) is 1. The average Bonchev–Trinajstić information content (AvgIpc) is 3.32. The van der Waals surface area contributed by atoms with Crippen LogP contribution in [0.5, 0.6) is 5.75 Å². The first-order chi connectivity index (χ1) is 16.5. The molecule has 4 heterocycles. The van der Waals surface area contributed by atoms with Crippen molar-refractivity contribution in [3.63, 3.8) is 0 Å². The number of likely N-dealkylation sites (tertiary alicyclic amines) is 1. The van der Waals surface area contributed by atoms with Gasteiger partial charge in [-0.05, 0) is 44.0 Å². The number of benzene rings is 2. The molecule has 8 nitrogen and oxygen atoms in total. The summed E-state index contributed by atoms with van der Waals surface area (Å²) in [5.41, 5.74) is 2.62. The number of imide groups is 2. The summed E-state index contributed by atoms with van der Waals surface area (Å²) >= 11 is 0. The molecular weight excluding hydrogens is 434 g/mol. The minimum Gasteiger partial charge on any atom is -0.491 e. The number of carbonyl (C=O) groups is 4. The fraction of sp³-hybridized carbons (Fsp3) is 0.385. The van der Waals surface area contributed by atoms with Gasteiger partial charge >= 0.3 is 0 Å². The number of fused-ring (bicyclic) bond motifs is 4. The SMILES string of the molecule is O=C1CCC(N2C(=O)c3ccc4c(c3C2=O)OCC42CCN(Cc3ccccc3)CC2)C(=O)N1. The lowest BCUT2D eigenvalue weighted by atomic mass is 9.74. The van der Waals surface area contributed by atoms with Gasteiger partial charge in [-0.3, -0.25) is 34.3 Å². The maximum atomic E-state index is 13.4. The first-order valence-electron chi connectivity index (χ1n) is 11.7. The van der Waals surface area contributed by atoms with E-state index in [4.69, 9.17) is 4.74 Å². The van der Waals surface area contributed by atoms with Crippen LogP contribution in [-0.4, -0.2) is 59.2 Å². The predicted octanol–water partition coefficient (Wildman–Crippen LogP) is 2.01. The number of ether oxygens (including phenoxy) is 1. The molecule has 0 saturated carbocycles. The number of hydrogen-bond acceptors (Lipinski definition) is 6. The maximum Gasteiger partial charge on any atom is 0.266 e. The fourth-order valence-corrected chi connectivity index (χ4v) is 5.78. The molecule has 6 rings (SSSR count). The zero-order chi connectivity index (χ0) is 23.4. The topological polar surface area (TPSA) is 96.0 Å². The van der Waals surface area contributed by atoms with Crippen LogP contribution in [0, 0.1) is 0 Å². The van der Waals surface area contributed by atoms with Crippen LogP contribution in [0.1, 0.15) is 57.5 Å². The number of carbonyl (C=O) groups excluding carboxylic acids is 4. The van der Waals surface area contributed by atoms with Crippen molar-refractivity contribution in [1.82, 2.24) is 15.1 Å². The summed E-state index contributed by atoms with van der Waals surface area (Å²) in [4.78, 5) is 53.8. The van der Waals surface area contributed by atoms with Crippen LogP contribution in [0.4, 0.5) is 0 Å². The van der Waals surface area contributed by atoms with Gasteiger partial charge in [-0.15, -0.1) is 0 Å². The molecule has 4 aliphatic heterocycles. The predicted molar refractivity (Wildman–Crippen MR) is 121 cm³/mol. The fourth-order valence-electron chi connectivity index (χ4n) is 5.78. The molecule has 2 fully saturated rings.